The average molecular weight is 246 g/mol. The van der Waals surface area contributed by atoms with E-state index in [0.717, 1.165) is 0 Å². The minimum absolute atomic E-state index is 0.0988. The third-order valence-electron chi connectivity index (χ3n) is 2.69. The van der Waals surface area contributed by atoms with Crippen molar-refractivity contribution in [2.45, 2.75) is 20.3 Å². The van der Waals surface area contributed by atoms with Crippen molar-refractivity contribution in [3.05, 3.63) is 12.7 Å². The van der Waals surface area contributed by atoms with Crippen LogP contribution in [0, 0.1) is 5.92 Å². The van der Waals surface area contributed by atoms with Crippen molar-refractivity contribution >= 4 is 18.9 Å². The lowest BCUT2D eigenvalue weighted by molar-refractivity contribution is -0.145. The van der Waals surface area contributed by atoms with Crippen molar-refractivity contribution in [2.75, 3.05) is 18.5 Å². The number of rotatable bonds is 8. The van der Waals surface area contributed by atoms with Crippen LogP contribution < -0.4 is 0 Å². The van der Waals surface area contributed by atoms with Crippen LogP contribution in [0.2, 0.25) is 0 Å². The number of allylic oxidation sites excluding steroid dienone is 1. The fraction of sp³-hybridized carbons (Fsp3) is 0.636. The quantitative estimate of drug-likeness (QED) is 0.405. The summed E-state index contributed by atoms with van der Waals surface area (Å²) in [6.45, 7) is 6.95. The van der Waals surface area contributed by atoms with E-state index in [9.17, 15) is 14.2 Å². The first kappa shape index (κ1) is 15.1. The summed E-state index contributed by atoms with van der Waals surface area (Å²) < 4.78 is 12.1. The van der Waals surface area contributed by atoms with E-state index in [-0.39, 0.29) is 12.6 Å². The fourth-order valence-electron chi connectivity index (χ4n) is 1.38. The van der Waals surface area contributed by atoms with Gasteiger partial charge in [-0.15, -0.1) is 6.58 Å². The number of Topliss-reactive ketones (excluding diaryl/α,β-unsaturated/α-hetero) is 1. The molecule has 0 rings (SSSR count). The maximum atomic E-state index is 12.1. The Morgan fingerprint density at radius 2 is 1.88 bits per heavy atom. The number of hydrogen-bond acceptors (Lipinski definition) is 3. The van der Waals surface area contributed by atoms with Crippen molar-refractivity contribution in [1.29, 1.82) is 0 Å². The Balaban J connectivity index is 4.71. The molecule has 0 aromatic carbocycles. The van der Waals surface area contributed by atoms with E-state index in [0.29, 0.717) is 12.3 Å². The maximum absolute atomic E-state index is 12.1. The Morgan fingerprint density at radius 1 is 1.38 bits per heavy atom. The minimum atomic E-state index is -2.50. The number of carbonyl (C=O) groups is 2. The molecule has 0 spiro atoms. The van der Waals surface area contributed by atoms with Gasteiger partial charge in [0.15, 0.2) is 5.78 Å². The largest absolute Gasteiger partial charge is 0.481 e. The highest BCUT2D eigenvalue weighted by molar-refractivity contribution is 7.64. The molecule has 0 saturated heterocycles. The maximum Gasteiger partial charge on any atom is 0.314 e. The van der Waals surface area contributed by atoms with Gasteiger partial charge >= 0.3 is 5.97 Å². The summed E-state index contributed by atoms with van der Waals surface area (Å²) in [6, 6.07) is 0. The summed E-state index contributed by atoms with van der Waals surface area (Å²) >= 11 is 0. The number of carboxylic acid groups (broad SMARTS) is 1. The first-order valence-electron chi connectivity index (χ1n) is 5.33. The lowest BCUT2D eigenvalue weighted by Crippen LogP contribution is -2.26. The molecule has 0 amide bonds. The van der Waals surface area contributed by atoms with Crippen LogP contribution in [0.4, 0.5) is 0 Å². The third-order valence-corrected chi connectivity index (χ3v) is 5.88. The van der Waals surface area contributed by atoms with Gasteiger partial charge in [-0.2, -0.15) is 0 Å². The summed E-state index contributed by atoms with van der Waals surface area (Å²) in [7, 11) is -2.50. The summed E-state index contributed by atoms with van der Waals surface area (Å²) in [5.41, 5.74) is 0. The molecule has 0 bridgehead atoms. The SMILES string of the molecule is C=CCC(C(=O)O)C(=O)CP(=O)(CC)CC. The zero-order valence-corrected chi connectivity index (χ0v) is 10.7. The summed E-state index contributed by atoms with van der Waals surface area (Å²) in [6.07, 6.45) is 2.28. The van der Waals surface area contributed by atoms with Gasteiger partial charge in [0.05, 0.1) is 13.3 Å². The number of carboxylic acids is 1. The second-order valence-corrected chi connectivity index (χ2v) is 7.43. The molecule has 0 aliphatic rings. The standard InChI is InChI=1S/C11H19O4P/c1-4-7-9(11(13)14)10(12)8-16(15,5-2)6-3/h4,9H,1,5-8H2,2-3H3,(H,13,14). The van der Waals surface area contributed by atoms with Crippen LogP contribution in [0.1, 0.15) is 20.3 Å². The number of carbonyl (C=O) groups excluding carboxylic acids is 1. The lowest BCUT2D eigenvalue weighted by Gasteiger charge is -2.15. The zero-order valence-electron chi connectivity index (χ0n) is 9.81. The normalized spacial score (nSPS) is 13.1. The summed E-state index contributed by atoms with van der Waals surface area (Å²) in [5, 5.41) is 8.86. The molecule has 0 aliphatic heterocycles. The highest BCUT2D eigenvalue weighted by Gasteiger charge is 2.30. The molecule has 4 nitrogen and oxygen atoms in total. The Labute approximate surface area is 96.1 Å². The van der Waals surface area contributed by atoms with Crippen molar-refractivity contribution in [1.82, 2.24) is 0 Å². The molecule has 0 aliphatic carbocycles. The van der Waals surface area contributed by atoms with Gasteiger partial charge in [-0.05, 0) is 18.7 Å². The Kier molecular flexibility index (Phi) is 6.27. The van der Waals surface area contributed by atoms with Gasteiger partial charge in [-0.1, -0.05) is 19.9 Å². The van der Waals surface area contributed by atoms with E-state index in [1.54, 1.807) is 13.8 Å². The minimum Gasteiger partial charge on any atom is -0.481 e. The van der Waals surface area contributed by atoms with E-state index in [2.05, 4.69) is 6.58 Å². The zero-order chi connectivity index (χ0) is 12.8. The van der Waals surface area contributed by atoms with Gasteiger partial charge in [0.1, 0.15) is 5.92 Å². The van der Waals surface area contributed by atoms with E-state index in [4.69, 9.17) is 5.11 Å². The van der Waals surface area contributed by atoms with Crippen LogP contribution in [0.5, 0.6) is 0 Å². The Hall–Kier alpha value is -0.890. The van der Waals surface area contributed by atoms with Gasteiger partial charge in [0, 0.05) is 0 Å². The van der Waals surface area contributed by atoms with E-state index in [1.807, 2.05) is 0 Å². The van der Waals surface area contributed by atoms with Crippen LogP contribution in [-0.2, 0) is 14.2 Å². The van der Waals surface area contributed by atoms with Crippen molar-refractivity contribution < 1.29 is 19.3 Å². The van der Waals surface area contributed by atoms with Crippen LogP contribution in [0.3, 0.4) is 0 Å². The molecule has 16 heavy (non-hydrogen) atoms. The van der Waals surface area contributed by atoms with Gasteiger partial charge in [0.2, 0.25) is 0 Å². The van der Waals surface area contributed by atoms with E-state index in [1.165, 1.54) is 6.08 Å². The second kappa shape index (κ2) is 6.64. The van der Waals surface area contributed by atoms with Crippen LogP contribution in [0.15, 0.2) is 12.7 Å². The topological polar surface area (TPSA) is 71.4 Å². The molecule has 0 saturated carbocycles. The van der Waals surface area contributed by atoms with Gasteiger partial charge in [-0.3, -0.25) is 9.59 Å². The lowest BCUT2D eigenvalue weighted by atomic mass is 10.0. The van der Waals surface area contributed by atoms with Crippen LogP contribution in [0.25, 0.3) is 0 Å². The molecule has 0 aromatic heterocycles. The van der Waals surface area contributed by atoms with Crippen LogP contribution in [-0.4, -0.2) is 35.3 Å². The smallest absolute Gasteiger partial charge is 0.314 e. The van der Waals surface area contributed by atoms with Crippen molar-refractivity contribution in [2.24, 2.45) is 5.92 Å². The molecular weight excluding hydrogens is 227 g/mol. The Bertz CT molecular complexity index is 314. The molecule has 1 N–H and O–H groups in total. The second-order valence-electron chi connectivity index (χ2n) is 3.73. The molecule has 92 valence electrons. The molecule has 0 heterocycles. The molecule has 0 fully saturated rings. The number of hydrogen-bond donors (Lipinski definition) is 1. The molecule has 1 unspecified atom stereocenters. The predicted molar refractivity (Wildman–Crippen MR) is 64.5 cm³/mol. The van der Waals surface area contributed by atoms with Gasteiger partial charge in [0.25, 0.3) is 0 Å². The molecule has 5 heteroatoms. The molecule has 0 aromatic rings. The first-order chi connectivity index (χ1) is 7.40. The monoisotopic (exact) mass is 246 g/mol. The van der Waals surface area contributed by atoms with Crippen molar-refractivity contribution in [3.63, 3.8) is 0 Å². The molecule has 1 atom stereocenters. The molecule has 0 radical (unpaired) electrons. The first-order valence-corrected chi connectivity index (χ1v) is 7.60. The predicted octanol–water partition coefficient (Wildman–Crippen LogP) is 2.24. The summed E-state index contributed by atoms with van der Waals surface area (Å²) in [5.74, 6) is -2.70. The number of ketones is 1. The Morgan fingerprint density at radius 3 is 2.19 bits per heavy atom. The molecular formula is C11H19O4P. The average Bonchev–Trinajstić information content (AvgIpc) is 2.24. The highest BCUT2D eigenvalue weighted by atomic mass is 31.2. The number of aliphatic carboxylic acids is 1. The fourth-order valence-corrected chi connectivity index (χ4v) is 3.06. The third kappa shape index (κ3) is 4.31. The van der Waals surface area contributed by atoms with Crippen molar-refractivity contribution in [3.8, 4) is 0 Å². The van der Waals surface area contributed by atoms with Gasteiger partial charge < -0.3 is 9.67 Å². The van der Waals surface area contributed by atoms with E-state index >= 15 is 0 Å². The van der Waals surface area contributed by atoms with E-state index < -0.39 is 24.8 Å². The van der Waals surface area contributed by atoms with Gasteiger partial charge in [-0.25, -0.2) is 0 Å². The van der Waals surface area contributed by atoms with Crippen LogP contribution >= 0.6 is 7.14 Å². The summed E-state index contributed by atoms with van der Waals surface area (Å²) in [4.78, 5) is 22.5. The highest BCUT2D eigenvalue weighted by Crippen LogP contribution is 2.44.